The SMILES string of the molecule is O=[N+]([O-])c1ccc2c(ccc3c4ccc(S(=O)(=O)O)cc4ccc23)c1. The first kappa shape index (κ1) is 15.5. The van der Waals surface area contributed by atoms with Gasteiger partial charge in [-0.3, -0.25) is 14.7 Å². The molecule has 0 saturated heterocycles. The maximum atomic E-state index is 11.3. The molecule has 0 aliphatic carbocycles. The summed E-state index contributed by atoms with van der Waals surface area (Å²) < 4.78 is 31.8. The molecule has 6 nitrogen and oxygen atoms in total. The maximum absolute atomic E-state index is 11.3. The number of fused-ring (bicyclic) bond motifs is 5. The first-order chi connectivity index (χ1) is 11.8. The van der Waals surface area contributed by atoms with Crippen LogP contribution in [0.2, 0.25) is 0 Å². The van der Waals surface area contributed by atoms with E-state index in [4.69, 9.17) is 0 Å². The van der Waals surface area contributed by atoms with Crippen LogP contribution in [0.25, 0.3) is 32.3 Å². The Kier molecular flexibility index (Phi) is 3.24. The van der Waals surface area contributed by atoms with Crippen molar-refractivity contribution < 1.29 is 17.9 Å². The molecule has 0 atom stereocenters. The lowest BCUT2D eigenvalue weighted by atomic mass is 9.97. The highest BCUT2D eigenvalue weighted by Gasteiger charge is 2.12. The third-order valence-electron chi connectivity index (χ3n) is 4.30. The Labute approximate surface area is 142 Å². The summed E-state index contributed by atoms with van der Waals surface area (Å²) in [5.74, 6) is 0. The zero-order valence-electron chi connectivity index (χ0n) is 12.7. The number of hydrogen-bond donors (Lipinski definition) is 1. The molecular formula is C18H11NO5S. The highest BCUT2D eigenvalue weighted by atomic mass is 32.2. The Balaban J connectivity index is 2.05. The average Bonchev–Trinajstić information content (AvgIpc) is 2.59. The van der Waals surface area contributed by atoms with Gasteiger partial charge < -0.3 is 0 Å². The lowest BCUT2D eigenvalue weighted by Gasteiger charge is -2.08. The molecule has 0 radical (unpaired) electrons. The van der Waals surface area contributed by atoms with E-state index >= 15 is 0 Å². The molecule has 0 unspecified atom stereocenters. The van der Waals surface area contributed by atoms with Gasteiger partial charge in [-0.1, -0.05) is 30.3 Å². The van der Waals surface area contributed by atoms with Crippen molar-refractivity contribution in [2.75, 3.05) is 0 Å². The monoisotopic (exact) mass is 353 g/mol. The molecule has 0 aliphatic heterocycles. The minimum Gasteiger partial charge on any atom is -0.282 e. The van der Waals surface area contributed by atoms with Crippen LogP contribution in [0, 0.1) is 10.1 Å². The summed E-state index contributed by atoms with van der Waals surface area (Å²) in [6, 6.07) is 16.4. The highest BCUT2D eigenvalue weighted by Crippen LogP contribution is 2.33. The van der Waals surface area contributed by atoms with E-state index in [0.717, 1.165) is 26.9 Å². The molecule has 0 bridgehead atoms. The Hall–Kier alpha value is -3.03. The molecule has 0 aromatic heterocycles. The van der Waals surface area contributed by atoms with Crippen LogP contribution in [0.5, 0.6) is 0 Å². The molecule has 4 aromatic rings. The lowest BCUT2D eigenvalue weighted by molar-refractivity contribution is -0.384. The summed E-state index contributed by atoms with van der Waals surface area (Å²) in [4.78, 5) is 10.3. The maximum Gasteiger partial charge on any atom is 0.294 e. The van der Waals surface area contributed by atoms with Crippen molar-refractivity contribution in [3.8, 4) is 0 Å². The van der Waals surface area contributed by atoms with E-state index in [2.05, 4.69) is 0 Å². The Morgan fingerprint density at radius 3 is 1.84 bits per heavy atom. The normalized spacial score (nSPS) is 12.0. The second-order valence-electron chi connectivity index (χ2n) is 5.75. The lowest BCUT2D eigenvalue weighted by Crippen LogP contribution is -1.97. The van der Waals surface area contributed by atoms with Crippen LogP contribution in [0.15, 0.2) is 65.6 Å². The van der Waals surface area contributed by atoms with Gasteiger partial charge in [0.1, 0.15) is 0 Å². The van der Waals surface area contributed by atoms with Crippen LogP contribution in [0.4, 0.5) is 5.69 Å². The van der Waals surface area contributed by atoms with E-state index in [1.54, 1.807) is 24.3 Å². The van der Waals surface area contributed by atoms with Crippen molar-refractivity contribution >= 4 is 48.1 Å². The number of hydrogen-bond acceptors (Lipinski definition) is 4. The summed E-state index contributed by atoms with van der Waals surface area (Å²) >= 11 is 0. The fourth-order valence-electron chi connectivity index (χ4n) is 3.13. The summed E-state index contributed by atoms with van der Waals surface area (Å²) in [5.41, 5.74) is 0.0328. The molecule has 4 rings (SSSR count). The van der Waals surface area contributed by atoms with Crippen molar-refractivity contribution in [3.05, 3.63) is 70.8 Å². The highest BCUT2D eigenvalue weighted by molar-refractivity contribution is 7.85. The minimum atomic E-state index is -4.26. The van der Waals surface area contributed by atoms with Gasteiger partial charge in [-0.25, -0.2) is 0 Å². The van der Waals surface area contributed by atoms with Gasteiger partial charge in [0.2, 0.25) is 0 Å². The third-order valence-corrected chi connectivity index (χ3v) is 5.15. The number of benzene rings is 4. The molecule has 0 amide bonds. The van der Waals surface area contributed by atoms with E-state index in [-0.39, 0.29) is 10.6 Å². The predicted molar refractivity (Wildman–Crippen MR) is 95.4 cm³/mol. The van der Waals surface area contributed by atoms with Crippen molar-refractivity contribution in [1.82, 2.24) is 0 Å². The van der Waals surface area contributed by atoms with Crippen molar-refractivity contribution in [2.24, 2.45) is 0 Å². The second kappa shape index (κ2) is 5.23. The van der Waals surface area contributed by atoms with Crippen LogP contribution < -0.4 is 0 Å². The predicted octanol–water partition coefficient (Wildman–Crippen LogP) is 4.30. The Morgan fingerprint density at radius 1 is 0.760 bits per heavy atom. The van der Waals surface area contributed by atoms with E-state index in [1.807, 2.05) is 12.1 Å². The molecule has 7 heteroatoms. The van der Waals surface area contributed by atoms with E-state index < -0.39 is 15.0 Å². The quantitative estimate of drug-likeness (QED) is 0.251. The van der Waals surface area contributed by atoms with Gasteiger partial charge in [0.25, 0.3) is 15.8 Å². The van der Waals surface area contributed by atoms with Crippen LogP contribution in [-0.4, -0.2) is 17.9 Å². The van der Waals surface area contributed by atoms with Gasteiger partial charge in [-0.15, -0.1) is 0 Å². The van der Waals surface area contributed by atoms with Gasteiger partial charge in [-0.2, -0.15) is 8.42 Å². The minimum absolute atomic E-state index is 0.0328. The second-order valence-corrected chi connectivity index (χ2v) is 7.17. The smallest absolute Gasteiger partial charge is 0.282 e. The van der Waals surface area contributed by atoms with Crippen LogP contribution >= 0.6 is 0 Å². The molecule has 25 heavy (non-hydrogen) atoms. The molecule has 0 spiro atoms. The van der Waals surface area contributed by atoms with Crippen molar-refractivity contribution in [1.29, 1.82) is 0 Å². The zero-order valence-corrected chi connectivity index (χ0v) is 13.5. The molecule has 0 heterocycles. The number of nitrogens with zero attached hydrogens (tertiary/aromatic N) is 1. The number of rotatable bonds is 2. The molecule has 4 aromatic carbocycles. The Bertz CT molecular complexity index is 1300. The molecule has 124 valence electrons. The van der Waals surface area contributed by atoms with Crippen molar-refractivity contribution in [3.63, 3.8) is 0 Å². The number of nitro benzene ring substituents is 1. The zero-order chi connectivity index (χ0) is 17.8. The van der Waals surface area contributed by atoms with Gasteiger partial charge in [0.05, 0.1) is 9.82 Å². The number of nitro groups is 1. The third kappa shape index (κ3) is 2.50. The van der Waals surface area contributed by atoms with E-state index in [0.29, 0.717) is 5.39 Å². The summed E-state index contributed by atoms with van der Waals surface area (Å²) in [6.07, 6.45) is 0. The van der Waals surface area contributed by atoms with Gasteiger partial charge in [0.15, 0.2) is 0 Å². The molecular weight excluding hydrogens is 342 g/mol. The van der Waals surface area contributed by atoms with Gasteiger partial charge in [0, 0.05) is 12.1 Å². The van der Waals surface area contributed by atoms with Gasteiger partial charge in [-0.05, 0) is 50.5 Å². The van der Waals surface area contributed by atoms with Crippen LogP contribution in [0.1, 0.15) is 0 Å². The molecule has 0 aliphatic rings. The van der Waals surface area contributed by atoms with Crippen LogP contribution in [-0.2, 0) is 10.1 Å². The standard InChI is InChI=1S/C18H11NO5S/c20-19(21)13-3-7-15-11(9-13)1-5-18-16-8-4-14(25(22,23)24)10-12(16)2-6-17(15)18/h1-10H,(H,22,23,24). The topological polar surface area (TPSA) is 97.5 Å². The average molecular weight is 353 g/mol. The first-order valence-corrected chi connectivity index (χ1v) is 8.80. The molecule has 0 saturated carbocycles. The van der Waals surface area contributed by atoms with Crippen LogP contribution in [0.3, 0.4) is 0 Å². The number of non-ortho nitro benzene ring substituents is 1. The van der Waals surface area contributed by atoms with Crippen molar-refractivity contribution in [2.45, 2.75) is 4.90 Å². The van der Waals surface area contributed by atoms with E-state index in [1.165, 1.54) is 24.3 Å². The Morgan fingerprint density at radius 2 is 1.28 bits per heavy atom. The summed E-state index contributed by atoms with van der Waals surface area (Å²) in [5, 5.41) is 15.9. The molecule has 0 fully saturated rings. The fraction of sp³-hybridized carbons (Fsp3) is 0. The molecule has 1 N–H and O–H groups in total. The fourth-order valence-corrected chi connectivity index (χ4v) is 3.64. The largest absolute Gasteiger partial charge is 0.294 e. The summed E-state index contributed by atoms with van der Waals surface area (Å²) in [7, 11) is -4.26. The van der Waals surface area contributed by atoms with Gasteiger partial charge >= 0.3 is 0 Å². The first-order valence-electron chi connectivity index (χ1n) is 7.36. The summed E-state index contributed by atoms with van der Waals surface area (Å²) in [6.45, 7) is 0. The van der Waals surface area contributed by atoms with E-state index in [9.17, 15) is 23.1 Å².